The molecule has 0 aromatic heterocycles. The molecule has 1 amide bonds. The van der Waals surface area contributed by atoms with E-state index >= 15 is 0 Å². The van der Waals surface area contributed by atoms with Gasteiger partial charge in [-0.05, 0) is 44.9 Å². The standard InChI is InChI=1S/C65H127N2O6P/c1-6-8-10-12-14-16-18-20-22-24-26-27-28-29-30-31-32-33-34-35-36-37-38-39-41-43-45-47-49-51-53-55-57-59-65(69)66-63(62-73-74(70,71)72-61-60-67(3,4)5)64(68)58-56-54-52-50-48-46-44-42-40-25-23-21-19-17-15-13-11-9-7-2/h40,42,48,50,56,58,63-64,68H,6-39,41,43-47,49,51-55,57,59-62H2,1-5H3,(H-,66,69,70,71)/p+1/b42-40+,50-48+,58-56+. The fourth-order valence-electron chi connectivity index (χ4n) is 9.78. The van der Waals surface area contributed by atoms with Crippen molar-refractivity contribution >= 4 is 13.7 Å². The summed E-state index contributed by atoms with van der Waals surface area (Å²) in [4.78, 5) is 23.3. The van der Waals surface area contributed by atoms with Gasteiger partial charge in [-0.2, -0.15) is 0 Å². The molecule has 3 N–H and O–H groups in total. The number of nitrogens with zero attached hydrogens (tertiary/aromatic N) is 1. The van der Waals surface area contributed by atoms with Crippen molar-refractivity contribution in [2.24, 2.45) is 0 Å². The van der Waals surface area contributed by atoms with E-state index in [1.807, 2.05) is 27.2 Å². The first-order valence-corrected chi connectivity index (χ1v) is 33.9. The van der Waals surface area contributed by atoms with Crippen LogP contribution in [0.3, 0.4) is 0 Å². The fraction of sp³-hybridized carbons (Fsp3) is 0.892. The summed E-state index contributed by atoms with van der Waals surface area (Å²) in [5.41, 5.74) is 0. The molecule has 0 radical (unpaired) electrons. The van der Waals surface area contributed by atoms with E-state index in [0.717, 1.165) is 44.9 Å². The molecule has 0 heterocycles. The average molecular weight is 1060 g/mol. The van der Waals surface area contributed by atoms with Gasteiger partial charge in [0.05, 0.1) is 39.9 Å². The second-order valence-electron chi connectivity index (χ2n) is 23.5. The van der Waals surface area contributed by atoms with Gasteiger partial charge in [-0.3, -0.25) is 13.8 Å². The summed E-state index contributed by atoms with van der Waals surface area (Å²) < 4.78 is 23.7. The van der Waals surface area contributed by atoms with E-state index in [1.165, 1.54) is 257 Å². The molecular weight excluding hydrogens is 936 g/mol. The largest absolute Gasteiger partial charge is 0.472 e. The molecule has 0 aromatic carbocycles. The van der Waals surface area contributed by atoms with Crippen LogP contribution in [0.1, 0.15) is 322 Å². The number of phosphoric acid groups is 1. The van der Waals surface area contributed by atoms with E-state index in [2.05, 4.69) is 43.5 Å². The molecule has 0 aliphatic carbocycles. The van der Waals surface area contributed by atoms with Crippen LogP contribution in [0.25, 0.3) is 0 Å². The highest BCUT2D eigenvalue weighted by atomic mass is 31.2. The Morgan fingerprint density at radius 2 is 0.743 bits per heavy atom. The van der Waals surface area contributed by atoms with Crippen LogP contribution in [0.4, 0.5) is 0 Å². The van der Waals surface area contributed by atoms with Crippen LogP contribution in [0.2, 0.25) is 0 Å². The number of hydrogen-bond acceptors (Lipinski definition) is 5. The number of phosphoric ester groups is 1. The summed E-state index contributed by atoms with van der Waals surface area (Å²) in [6.45, 7) is 4.83. The van der Waals surface area contributed by atoms with Crippen molar-refractivity contribution in [3.8, 4) is 0 Å². The lowest BCUT2D eigenvalue weighted by Gasteiger charge is -2.25. The minimum atomic E-state index is -4.36. The van der Waals surface area contributed by atoms with Crippen molar-refractivity contribution in [3.05, 3.63) is 36.5 Å². The number of aliphatic hydroxyl groups excluding tert-OH is 1. The summed E-state index contributed by atoms with van der Waals surface area (Å²) in [5.74, 6) is -0.185. The Kier molecular flexibility index (Phi) is 55.5. The summed E-state index contributed by atoms with van der Waals surface area (Å²) in [7, 11) is 1.56. The van der Waals surface area contributed by atoms with Crippen LogP contribution in [0.5, 0.6) is 0 Å². The van der Waals surface area contributed by atoms with Crippen LogP contribution < -0.4 is 5.32 Å². The molecular formula is C65H128N2O6P+. The van der Waals surface area contributed by atoms with Gasteiger partial charge in [-0.1, -0.05) is 307 Å². The zero-order valence-electron chi connectivity index (χ0n) is 50.1. The number of carbonyl (C=O) groups is 1. The van der Waals surface area contributed by atoms with Crippen LogP contribution in [-0.4, -0.2) is 73.4 Å². The molecule has 9 heteroatoms. The molecule has 8 nitrogen and oxygen atoms in total. The number of likely N-dealkylation sites (N-methyl/N-ethyl adjacent to an activating group) is 1. The van der Waals surface area contributed by atoms with Crippen LogP contribution in [-0.2, 0) is 18.4 Å². The van der Waals surface area contributed by atoms with Crippen LogP contribution in [0, 0.1) is 0 Å². The summed E-state index contributed by atoms with van der Waals surface area (Å²) in [6.07, 6.45) is 74.3. The van der Waals surface area contributed by atoms with Crippen molar-refractivity contribution in [3.63, 3.8) is 0 Å². The second kappa shape index (κ2) is 56.4. The number of aliphatic hydroxyl groups is 1. The zero-order valence-corrected chi connectivity index (χ0v) is 51.0. The highest BCUT2D eigenvalue weighted by molar-refractivity contribution is 7.47. The molecule has 3 unspecified atom stereocenters. The van der Waals surface area contributed by atoms with Gasteiger partial charge in [0, 0.05) is 6.42 Å². The predicted molar refractivity (Wildman–Crippen MR) is 323 cm³/mol. The first kappa shape index (κ1) is 72.7. The molecule has 74 heavy (non-hydrogen) atoms. The maximum absolute atomic E-state index is 13.0. The van der Waals surface area contributed by atoms with Gasteiger partial charge in [0.1, 0.15) is 13.2 Å². The number of hydrogen-bond donors (Lipinski definition) is 3. The maximum Gasteiger partial charge on any atom is 0.472 e. The molecule has 0 saturated carbocycles. The molecule has 0 bridgehead atoms. The van der Waals surface area contributed by atoms with E-state index in [1.54, 1.807) is 6.08 Å². The van der Waals surface area contributed by atoms with Crippen molar-refractivity contribution in [1.82, 2.24) is 5.32 Å². The Morgan fingerprint density at radius 1 is 0.446 bits per heavy atom. The minimum absolute atomic E-state index is 0.0552. The molecule has 3 atom stereocenters. The first-order valence-electron chi connectivity index (χ1n) is 32.4. The second-order valence-corrected chi connectivity index (χ2v) is 24.9. The lowest BCUT2D eigenvalue weighted by molar-refractivity contribution is -0.870. The van der Waals surface area contributed by atoms with E-state index in [0.29, 0.717) is 17.4 Å². The molecule has 0 aromatic rings. The minimum Gasteiger partial charge on any atom is -0.387 e. The number of carbonyl (C=O) groups excluding carboxylic acids is 1. The Hall–Kier alpha value is -1.28. The van der Waals surface area contributed by atoms with E-state index in [-0.39, 0.29) is 19.1 Å². The smallest absolute Gasteiger partial charge is 0.387 e. The third-order valence-corrected chi connectivity index (χ3v) is 15.8. The van der Waals surface area contributed by atoms with Crippen molar-refractivity contribution in [2.45, 2.75) is 334 Å². The normalized spacial score (nSPS) is 14.0. The van der Waals surface area contributed by atoms with Crippen molar-refractivity contribution in [1.29, 1.82) is 0 Å². The molecule has 0 aliphatic heterocycles. The predicted octanol–water partition coefficient (Wildman–Crippen LogP) is 20.1. The molecule has 438 valence electrons. The maximum atomic E-state index is 13.0. The summed E-state index contributed by atoms with van der Waals surface area (Å²) >= 11 is 0. The Labute approximate surface area is 461 Å². The van der Waals surface area contributed by atoms with Crippen molar-refractivity contribution < 1.29 is 32.9 Å². The lowest BCUT2D eigenvalue weighted by atomic mass is 10.0. The lowest BCUT2D eigenvalue weighted by Crippen LogP contribution is -2.45. The molecule has 0 saturated heterocycles. The van der Waals surface area contributed by atoms with E-state index in [4.69, 9.17) is 9.05 Å². The fourth-order valence-corrected chi connectivity index (χ4v) is 10.5. The van der Waals surface area contributed by atoms with Crippen LogP contribution in [0.15, 0.2) is 36.5 Å². The monoisotopic (exact) mass is 1060 g/mol. The van der Waals surface area contributed by atoms with Gasteiger partial charge >= 0.3 is 7.82 Å². The van der Waals surface area contributed by atoms with Crippen molar-refractivity contribution in [2.75, 3.05) is 40.9 Å². The number of allylic oxidation sites excluding steroid dienone is 5. The number of amides is 1. The topological polar surface area (TPSA) is 105 Å². The molecule has 0 spiro atoms. The molecule has 0 fully saturated rings. The third-order valence-electron chi connectivity index (χ3n) is 14.8. The number of unbranched alkanes of at least 4 members (excludes halogenated alkanes) is 43. The number of quaternary nitrogens is 1. The van der Waals surface area contributed by atoms with Gasteiger partial charge in [-0.25, -0.2) is 4.57 Å². The van der Waals surface area contributed by atoms with Gasteiger partial charge < -0.3 is 19.8 Å². The van der Waals surface area contributed by atoms with Gasteiger partial charge in [0.25, 0.3) is 0 Å². The Morgan fingerprint density at radius 3 is 1.08 bits per heavy atom. The summed E-state index contributed by atoms with van der Waals surface area (Å²) in [6, 6.07) is -0.868. The van der Waals surface area contributed by atoms with Gasteiger partial charge in [0.2, 0.25) is 5.91 Å². The summed E-state index contributed by atoms with van der Waals surface area (Å²) in [5, 5.41) is 13.9. The number of rotatable bonds is 60. The van der Waals surface area contributed by atoms with E-state index in [9.17, 15) is 19.4 Å². The first-order chi connectivity index (χ1) is 36.0. The molecule has 0 aliphatic rings. The third kappa shape index (κ3) is 58.4. The van der Waals surface area contributed by atoms with Gasteiger partial charge in [-0.15, -0.1) is 0 Å². The quantitative estimate of drug-likeness (QED) is 0.0243. The number of nitrogens with one attached hydrogen (secondary N) is 1. The molecule has 0 rings (SSSR count). The highest BCUT2D eigenvalue weighted by Crippen LogP contribution is 2.43. The highest BCUT2D eigenvalue weighted by Gasteiger charge is 2.27. The van der Waals surface area contributed by atoms with Crippen LogP contribution >= 0.6 is 7.82 Å². The Bertz CT molecular complexity index is 1300. The van der Waals surface area contributed by atoms with E-state index < -0.39 is 20.0 Å². The average Bonchev–Trinajstić information content (AvgIpc) is 3.36. The SMILES string of the molecule is CCCCCCCCCCC/C=C/CC/C=C/CC/C=C/C(O)C(COP(=O)(O)OCC[N+](C)(C)C)NC(=O)CCCCCCCCCCCCCCCCCCCCCCCCCCCCCCCCCCC. The van der Waals surface area contributed by atoms with Gasteiger partial charge in [0.15, 0.2) is 0 Å². The Balaban J connectivity index is 4.05. The zero-order chi connectivity index (χ0) is 54.2.